The maximum absolute atomic E-state index is 13.4. The van der Waals surface area contributed by atoms with Gasteiger partial charge < -0.3 is 89.9 Å². The summed E-state index contributed by atoms with van der Waals surface area (Å²) in [6.45, 7) is 1.80. The van der Waals surface area contributed by atoms with Gasteiger partial charge in [-0.3, -0.25) is 4.79 Å². The van der Waals surface area contributed by atoms with Crippen LogP contribution in [-0.4, -0.2) is 193 Å². The van der Waals surface area contributed by atoms with E-state index < -0.39 is 124 Å². The minimum absolute atomic E-state index is 0.245. The monoisotopic (exact) mass is 1190 g/mol. The molecule has 0 aromatic heterocycles. The SMILES string of the molecule is CCCCCCC/C=C\C/C=C\CCCCCCCCCCCC(=O)NC(COC1OC(CO)C(OC2OC(CO)C(OC3OC(CO)C(O)C(O)C3O)C(O)C2O)C(O)C1O)C(O)CCCCCCCCCCCCCCCCCCC. The molecule has 3 aliphatic heterocycles. The Balaban J connectivity index is 1.46. The van der Waals surface area contributed by atoms with Gasteiger partial charge in [-0.1, -0.05) is 218 Å². The average Bonchev–Trinajstić information content (AvgIpc) is 3.34. The number of hydrogen-bond acceptors (Lipinski definition) is 18. The van der Waals surface area contributed by atoms with Crippen molar-refractivity contribution in [1.29, 1.82) is 0 Å². The van der Waals surface area contributed by atoms with Crippen LogP contribution in [0.15, 0.2) is 24.3 Å². The molecule has 0 aromatic rings. The predicted molar refractivity (Wildman–Crippen MR) is 319 cm³/mol. The highest BCUT2D eigenvalue weighted by molar-refractivity contribution is 5.76. The lowest BCUT2D eigenvalue weighted by Crippen LogP contribution is -2.66. The zero-order valence-electron chi connectivity index (χ0n) is 51.2. The van der Waals surface area contributed by atoms with Crippen LogP contribution in [0.3, 0.4) is 0 Å². The molecule has 19 nitrogen and oxygen atoms in total. The predicted octanol–water partition coefficient (Wildman–Crippen LogP) is 7.49. The van der Waals surface area contributed by atoms with Crippen molar-refractivity contribution >= 4 is 5.91 Å². The molecule has 0 aliphatic carbocycles. The molecule has 19 heteroatoms. The van der Waals surface area contributed by atoms with Crippen LogP contribution in [0.25, 0.3) is 0 Å². The van der Waals surface area contributed by atoms with Gasteiger partial charge in [0.25, 0.3) is 0 Å². The molecule has 488 valence electrons. The van der Waals surface area contributed by atoms with Crippen molar-refractivity contribution < 1.29 is 89.4 Å². The van der Waals surface area contributed by atoms with Gasteiger partial charge in [0.05, 0.1) is 38.6 Å². The highest BCUT2D eigenvalue weighted by atomic mass is 16.8. The zero-order chi connectivity index (χ0) is 60.5. The van der Waals surface area contributed by atoms with Gasteiger partial charge in [-0.15, -0.1) is 0 Å². The number of hydrogen-bond donors (Lipinski definition) is 12. The molecule has 0 spiro atoms. The van der Waals surface area contributed by atoms with E-state index in [0.717, 1.165) is 57.8 Å². The molecular formula is C64H119NO18. The van der Waals surface area contributed by atoms with Gasteiger partial charge in [0, 0.05) is 6.42 Å². The standard InChI is InChI=1S/C64H119NO18/c1-3-5-7-9-11-13-15-17-19-21-22-23-24-26-28-30-32-34-36-38-40-42-52(70)65-47(48(69)41-39-37-35-33-31-29-27-25-20-18-16-14-12-10-8-6-4-2)46-78-62-58(76)55(73)60(50(44-67)80-62)83-64-59(77)56(74)61(51(45-68)81-64)82-63-57(75)54(72)53(71)49(43-66)79-63/h15,17,21-22,47-51,53-64,66-69,71-77H,3-14,16,18-20,23-46H2,1-2H3,(H,65,70)/b17-15-,22-21-. The molecule has 0 saturated carbocycles. The maximum atomic E-state index is 13.4. The van der Waals surface area contributed by atoms with Crippen LogP contribution >= 0.6 is 0 Å². The number of rotatable bonds is 50. The Hall–Kier alpha value is -1.73. The summed E-state index contributed by atoms with van der Waals surface area (Å²) in [5.74, 6) is -0.245. The first kappa shape index (κ1) is 75.5. The lowest BCUT2D eigenvalue weighted by atomic mass is 9.96. The van der Waals surface area contributed by atoms with Gasteiger partial charge in [0.15, 0.2) is 18.9 Å². The Labute approximate surface area is 498 Å². The van der Waals surface area contributed by atoms with Gasteiger partial charge in [0.1, 0.15) is 73.2 Å². The summed E-state index contributed by atoms with van der Waals surface area (Å²) in [6, 6.07) is -0.888. The molecule has 3 fully saturated rings. The minimum Gasteiger partial charge on any atom is -0.394 e. The summed E-state index contributed by atoms with van der Waals surface area (Å²) in [5, 5.41) is 121. The van der Waals surface area contributed by atoms with Crippen molar-refractivity contribution in [3.8, 4) is 0 Å². The molecular weight excluding hydrogens is 1070 g/mol. The molecule has 3 heterocycles. The van der Waals surface area contributed by atoms with E-state index in [0.29, 0.717) is 12.8 Å². The highest BCUT2D eigenvalue weighted by Gasteiger charge is 2.53. The van der Waals surface area contributed by atoms with Crippen LogP contribution in [-0.2, 0) is 33.2 Å². The quantitative estimate of drug-likeness (QED) is 0.0207. The van der Waals surface area contributed by atoms with Crippen LogP contribution < -0.4 is 5.32 Å². The minimum atomic E-state index is -1.97. The zero-order valence-corrected chi connectivity index (χ0v) is 51.2. The normalized spacial score (nSPS) is 29.5. The molecule has 17 atom stereocenters. The van der Waals surface area contributed by atoms with Crippen molar-refractivity contribution in [3.63, 3.8) is 0 Å². The number of nitrogens with one attached hydrogen (secondary N) is 1. The Morgan fingerprint density at radius 1 is 0.434 bits per heavy atom. The van der Waals surface area contributed by atoms with E-state index in [4.69, 9.17) is 28.4 Å². The largest absolute Gasteiger partial charge is 0.394 e. The van der Waals surface area contributed by atoms with Crippen LogP contribution in [0.5, 0.6) is 0 Å². The molecule has 0 radical (unpaired) electrons. The number of carbonyl (C=O) groups excluding carboxylic acids is 1. The van der Waals surface area contributed by atoms with Crippen molar-refractivity contribution in [1.82, 2.24) is 5.32 Å². The molecule has 12 N–H and O–H groups in total. The third kappa shape index (κ3) is 30.4. The molecule has 3 saturated heterocycles. The third-order valence-corrected chi connectivity index (χ3v) is 16.8. The second kappa shape index (κ2) is 47.3. The van der Waals surface area contributed by atoms with Crippen molar-refractivity contribution in [2.45, 2.75) is 349 Å². The van der Waals surface area contributed by atoms with Crippen molar-refractivity contribution in [2.75, 3.05) is 26.4 Å². The fraction of sp³-hybridized carbons (Fsp3) is 0.922. The number of allylic oxidation sites excluding steroid dienone is 4. The Morgan fingerprint density at radius 2 is 0.795 bits per heavy atom. The number of unbranched alkanes of at least 4 members (excludes halogenated alkanes) is 30. The number of aliphatic hydroxyl groups is 11. The number of aliphatic hydroxyl groups excluding tert-OH is 11. The summed E-state index contributed by atoms with van der Waals surface area (Å²) < 4.78 is 34.4. The second-order valence-corrected chi connectivity index (χ2v) is 23.9. The van der Waals surface area contributed by atoms with Gasteiger partial charge in [0.2, 0.25) is 5.91 Å². The van der Waals surface area contributed by atoms with E-state index in [-0.39, 0.29) is 18.9 Å². The smallest absolute Gasteiger partial charge is 0.220 e. The van der Waals surface area contributed by atoms with Gasteiger partial charge in [-0.2, -0.15) is 0 Å². The topological polar surface area (TPSA) is 307 Å². The second-order valence-electron chi connectivity index (χ2n) is 23.9. The fourth-order valence-corrected chi connectivity index (χ4v) is 11.3. The fourth-order valence-electron chi connectivity index (χ4n) is 11.3. The lowest BCUT2D eigenvalue weighted by Gasteiger charge is -2.48. The molecule has 3 aliphatic rings. The molecule has 17 unspecified atom stereocenters. The number of carbonyl (C=O) groups is 1. The lowest BCUT2D eigenvalue weighted by molar-refractivity contribution is -0.379. The number of ether oxygens (including phenoxy) is 6. The molecule has 0 bridgehead atoms. The van der Waals surface area contributed by atoms with Crippen LogP contribution in [0, 0.1) is 0 Å². The van der Waals surface area contributed by atoms with Crippen LogP contribution in [0.1, 0.15) is 245 Å². The average molecular weight is 1190 g/mol. The van der Waals surface area contributed by atoms with Gasteiger partial charge in [-0.25, -0.2) is 0 Å². The maximum Gasteiger partial charge on any atom is 0.220 e. The summed E-state index contributed by atoms with van der Waals surface area (Å²) in [6.07, 6.45) is 23.9. The summed E-state index contributed by atoms with van der Waals surface area (Å²) in [7, 11) is 0. The van der Waals surface area contributed by atoms with Crippen molar-refractivity contribution in [2.24, 2.45) is 0 Å². The molecule has 1 amide bonds. The summed E-state index contributed by atoms with van der Waals surface area (Å²) in [4.78, 5) is 13.4. The first-order valence-corrected chi connectivity index (χ1v) is 33.1. The van der Waals surface area contributed by atoms with Gasteiger partial charge in [-0.05, 0) is 44.9 Å². The Bertz CT molecular complexity index is 1610. The van der Waals surface area contributed by atoms with Gasteiger partial charge >= 0.3 is 0 Å². The molecule has 83 heavy (non-hydrogen) atoms. The van der Waals surface area contributed by atoms with E-state index in [1.54, 1.807) is 0 Å². The van der Waals surface area contributed by atoms with E-state index in [1.807, 2.05) is 0 Å². The van der Waals surface area contributed by atoms with E-state index in [2.05, 4.69) is 43.5 Å². The molecule has 3 rings (SSSR count). The highest BCUT2D eigenvalue weighted by Crippen LogP contribution is 2.33. The Kier molecular flexibility index (Phi) is 43.0. The Morgan fingerprint density at radius 3 is 1.23 bits per heavy atom. The first-order chi connectivity index (χ1) is 40.3. The van der Waals surface area contributed by atoms with E-state index in [1.165, 1.54) is 154 Å². The van der Waals surface area contributed by atoms with Crippen molar-refractivity contribution in [3.05, 3.63) is 24.3 Å². The first-order valence-electron chi connectivity index (χ1n) is 33.1. The van der Waals surface area contributed by atoms with E-state index in [9.17, 15) is 61.0 Å². The summed E-state index contributed by atoms with van der Waals surface area (Å²) >= 11 is 0. The third-order valence-electron chi connectivity index (χ3n) is 16.8. The summed E-state index contributed by atoms with van der Waals surface area (Å²) in [5.41, 5.74) is 0. The number of amides is 1. The van der Waals surface area contributed by atoms with Crippen LogP contribution in [0.2, 0.25) is 0 Å². The van der Waals surface area contributed by atoms with E-state index >= 15 is 0 Å². The van der Waals surface area contributed by atoms with Crippen LogP contribution in [0.4, 0.5) is 0 Å². The molecule has 0 aromatic carbocycles.